The Balaban J connectivity index is 1.36. The average molecular weight is 493 g/mol. The number of imide groups is 1. The van der Waals surface area contributed by atoms with E-state index in [4.69, 9.17) is 22.9 Å². The second-order valence-electron chi connectivity index (χ2n) is 8.44. The van der Waals surface area contributed by atoms with Gasteiger partial charge in [0, 0.05) is 46.3 Å². The molecule has 10 heteroatoms. The Morgan fingerprint density at radius 1 is 1.14 bits per heavy atom. The molecular formula is C25H23ClN5O4+. The number of halogens is 1. The van der Waals surface area contributed by atoms with Gasteiger partial charge in [-0.1, -0.05) is 17.7 Å². The Morgan fingerprint density at radius 2 is 1.89 bits per heavy atom. The molecule has 1 aromatic carbocycles. The summed E-state index contributed by atoms with van der Waals surface area (Å²) >= 11 is 6.11. The molecule has 35 heavy (non-hydrogen) atoms. The van der Waals surface area contributed by atoms with E-state index in [2.05, 4.69) is 9.83 Å². The Bertz CT molecular complexity index is 1300. The molecule has 0 spiro atoms. The zero-order valence-electron chi connectivity index (χ0n) is 19.2. The second-order valence-corrected chi connectivity index (χ2v) is 8.84. The first-order valence-electron chi connectivity index (χ1n) is 10.9. The molecule has 0 bridgehead atoms. The quantitative estimate of drug-likeness (QED) is 0.172. The lowest BCUT2D eigenvalue weighted by atomic mass is 10.0. The minimum atomic E-state index is -1.04. The first kappa shape index (κ1) is 24.0. The number of hydrogen-bond acceptors (Lipinski definition) is 5. The van der Waals surface area contributed by atoms with E-state index in [-0.39, 0.29) is 16.6 Å². The molecular weight excluding hydrogens is 470 g/mol. The fraction of sp³-hybridized carbons (Fsp3) is 0.240. The van der Waals surface area contributed by atoms with Gasteiger partial charge in [0.15, 0.2) is 0 Å². The summed E-state index contributed by atoms with van der Waals surface area (Å²) < 4.78 is 6.69. The van der Waals surface area contributed by atoms with Crippen molar-refractivity contribution in [3.63, 3.8) is 0 Å². The van der Waals surface area contributed by atoms with Crippen molar-refractivity contribution in [2.45, 2.75) is 25.8 Å². The highest BCUT2D eigenvalue weighted by Crippen LogP contribution is 2.36. The van der Waals surface area contributed by atoms with Crippen LogP contribution in [0, 0.1) is 6.57 Å². The van der Waals surface area contributed by atoms with Crippen LogP contribution >= 0.6 is 11.6 Å². The molecule has 0 aliphatic carbocycles. The Kier molecular flexibility index (Phi) is 6.58. The van der Waals surface area contributed by atoms with Gasteiger partial charge in [0.25, 0.3) is 5.91 Å². The highest BCUT2D eigenvalue weighted by molar-refractivity contribution is 6.34. The molecule has 3 amide bonds. The number of amides is 3. The van der Waals surface area contributed by atoms with Gasteiger partial charge in [-0.15, -0.1) is 0 Å². The van der Waals surface area contributed by atoms with E-state index in [0.29, 0.717) is 31.1 Å². The highest BCUT2D eigenvalue weighted by atomic mass is 35.5. The first-order valence-corrected chi connectivity index (χ1v) is 11.2. The van der Waals surface area contributed by atoms with Crippen molar-refractivity contribution in [2.75, 3.05) is 18.1 Å². The fourth-order valence-corrected chi connectivity index (χ4v) is 4.03. The summed E-state index contributed by atoms with van der Waals surface area (Å²) in [5, 5.41) is 9.52. The molecule has 0 saturated carbocycles. The molecule has 3 heterocycles. The van der Waals surface area contributed by atoms with Crippen LogP contribution in [0.1, 0.15) is 20.3 Å². The van der Waals surface area contributed by atoms with Crippen molar-refractivity contribution in [1.82, 2.24) is 9.88 Å². The number of benzene rings is 1. The molecule has 9 nitrogen and oxygen atoms in total. The van der Waals surface area contributed by atoms with Gasteiger partial charge in [-0.25, -0.2) is 19.5 Å². The predicted octanol–water partition coefficient (Wildman–Crippen LogP) is 4.49. The third-order valence-corrected chi connectivity index (χ3v) is 6.10. The van der Waals surface area contributed by atoms with E-state index in [1.165, 1.54) is 29.4 Å². The van der Waals surface area contributed by atoms with E-state index in [1.54, 1.807) is 44.3 Å². The maximum absolute atomic E-state index is 13.1. The van der Waals surface area contributed by atoms with Crippen LogP contribution in [0.15, 0.2) is 61.1 Å². The topological polar surface area (TPSA) is 91.2 Å². The zero-order chi connectivity index (χ0) is 25.2. The number of nitrogens with zero attached hydrogens (tertiary/aromatic N) is 5. The van der Waals surface area contributed by atoms with Gasteiger partial charge in [0.2, 0.25) is 24.0 Å². The van der Waals surface area contributed by atoms with E-state index in [1.807, 2.05) is 6.07 Å². The number of rotatable bonds is 7. The van der Waals surface area contributed by atoms with E-state index in [0.717, 1.165) is 20.8 Å². The molecule has 1 saturated heterocycles. The predicted molar refractivity (Wildman–Crippen MR) is 129 cm³/mol. The van der Waals surface area contributed by atoms with Crippen molar-refractivity contribution in [3.8, 4) is 17.0 Å². The molecule has 1 aliphatic heterocycles. The molecule has 178 valence electrons. The van der Waals surface area contributed by atoms with Gasteiger partial charge < -0.3 is 9.64 Å². The van der Waals surface area contributed by atoms with Gasteiger partial charge in [-0.05, 0) is 44.0 Å². The number of anilines is 1. The molecule has 1 aliphatic rings. The first-order chi connectivity index (χ1) is 16.7. The Labute approximate surface area is 207 Å². The number of ether oxygens (including phenoxy) is 1. The van der Waals surface area contributed by atoms with Gasteiger partial charge in [0.05, 0.1) is 18.9 Å². The second kappa shape index (κ2) is 9.60. The van der Waals surface area contributed by atoms with Gasteiger partial charge in [0.1, 0.15) is 5.54 Å². The molecule has 0 atom stereocenters. The smallest absolute Gasteiger partial charge is 0.332 e. The third-order valence-electron chi connectivity index (χ3n) is 5.79. The van der Waals surface area contributed by atoms with Crippen LogP contribution in [-0.4, -0.2) is 45.7 Å². The van der Waals surface area contributed by atoms with Gasteiger partial charge in [-0.2, -0.15) is 0 Å². The largest absolute Gasteiger partial charge is 0.478 e. The molecule has 0 unspecified atom stereocenters. The van der Waals surface area contributed by atoms with Crippen LogP contribution in [0.25, 0.3) is 16.0 Å². The normalized spacial score (nSPS) is 14.8. The fourth-order valence-electron chi connectivity index (χ4n) is 3.81. The summed E-state index contributed by atoms with van der Waals surface area (Å²) in [6.07, 6.45) is 5.24. The van der Waals surface area contributed by atoms with Crippen molar-refractivity contribution < 1.29 is 24.3 Å². The van der Waals surface area contributed by atoms with Gasteiger partial charge >= 0.3 is 6.03 Å². The van der Waals surface area contributed by atoms with Crippen LogP contribution in [0.4, 0.5) is 16.2 Å². The van der Waals surface area contributed by atoms with Crippen LogP contribution in [0.5, 0.6) is 5.88 Å². The Hall–Kier alpha value is -4.16. The van der Waals surface area contributed by atoms with Crippen molar-refractivity contribution in [2.24, 2.45) is 0 Å². The number of urea groups is 1. The maximum atomic E-state index is 13.1. The average Bonchev–Trinajstić information content (AvgIpc) is 3.01. The van der Waals surface area contributed by atoms with Crippen molar-refractivity contribution in [3.05, 3.63) is 77.5 Å². The minimum absolute atomic E-state index is 0.186. The van der Waals surface area contributed by atoms with Crippen LogP contribution in [0.2, 0.25) is 5.02 Å². The maximum Gasteiger partial charge on any atom is 0.332 e. The van der Waals surface area contributed by atoms with E-state index in [9.17, 15) is 14.8 Å². The minimum Gasteiger partial charge on any atom is -0.478 e. The molecule has 2 aromatic heterocycles. The Morgan fingerprint density at radius 3 is 2.51 bits per heavy atom. The summed E-state index contributed by atoms with van der Waals surface area (Å²) in [6.45, 7) is 11.1. The lowest BCUT2D eigenvalue weighted by molar-refractivity contribution is -0.904. The van der Waals surface area contributed by atoms with Crippen LogP contribution in [-0.2, 0) is 4.79 Å². The van der Waals surface area contributed by atoms with Crippen molar-refractivity contribution in [1.29, 1.82) is 0 Å². The standard InChI is InChI=1S/C25H23ClN5O4/c1-25(2)23(32)31(19-6-7-21(27-3)20(26)15-19)24(33)30(25)11-4-14-35-22-8-5-18(16-28-22)17-9-12-29(34)13-10-17/h5-10,12-13,15-16,34H,4,11,14H2,1-2H3/q+1. The monoisotopic (exact) mass is 492 g/mol. The molecule has 4 rings (SSSR count). The van der Waals surface area contributed by atoms with Crippen LogP contribution in [0.3, 0.4) is 0 Å². The molecule has 1 N–H and O–H groups in total. The van der Waals surface area contributed by atoms with Gasteiger partial charge in [-0.3, -0.25) is 10.0 Å². The highest BCUT2D eigenvalue weighted by Gasteiger charge is 2.51. The SMILES string of the molecule is [C-]#[N+]c1ccc(N2C(=O)N(CCCOc3ccc(-c4cc[n+](O)cc4)cn3)C(C)(C)C2=O)cc1Cl. The third kappa shape index (κ3) is 4.74. The molecule has 1 fully saturated rings. The number of pyridine rings is 2. The summed E-state index contributed by atoms with van der Waals surface area (Å²) in [6, 6.07) is 11.2. The number of carbonyl (C=O) groups is 2. The zero-order valence-corrected chi connectivity index (χ0v) is 19.9. The molecule has 3 aromatic rings. The number of aromatic nitrogens is 2. The summed E-state index contributed by atoms with van der Waals surface area (Å²) in [5.74, 6) is 0.0843. The molecule has 0 radical (unpaired) electrons. The van der Waals surface area contributed by atoms with E-state index < -0.39 is 11.6 Å². The summed E-state index contributed by atoms with van der Waals surface area (Å²) in [7, 11) is 0. The van der Waals surface area contributed by atoms with Crippen molar-refractivity contribution >= 4 is 34.9 Å². The number of carbonyl (C=O) groups excluding carboxylic acids is 2. The summed E-state index contributed by atoms with van der Waals surface area (Å²) in [5.41, 5.74) is 1.34. The van der Waals surface area contributed by atoms with Crippen LogP contribution < -0.4 is 14.4 Å². The lowest BCUT2D eigenvalue weighted by Crippen LogP contribution is -2.44. The van der Waals surface area contributed by atoms with E-state index >= 15 is 0 Å². The number of hydrogen-bond donors (Lipinski definition) is 1. The lowest BCUT2D eigenvalue weighted by Gasteiger charge is -2.27. The summed E-state index contributed by atoms with van der Waals surface area (Å²) in [4.78, 5) is 36.4.